The lowest BCUT2D eigenvalue weighted by Gasteiger charge is -2.15. The number of benzene rings is 2. The molecule has 1 unspecified atom stereocenters. The molecule has 3 nitrogen and oxygen atoms in total. The average Bonchev–Trinajstić information content (AvgIpc) is 2.48. The van der Waals surface area contributed by atoms with Crippen LogP contribution in [0.15, 0.2) is 60.9 Å². The molecule has 0 aliphatic heterocycles. The number of rotatable bonds is 4. The van der Waals surface area contributed by atoms with Crippen molar-refractivity contribution in [1.29, 1.82) is 0 Å². The molecule has 20 heavy (non-hydrogen) atoms. The molecule has 0 aliphatic carbocycles. The minimum atomic E-state index is 0.0655. The van der Waals surface area contributed by atoms with Gasteiger partial charge in [-0.05, 0) is 24.6 Å². The fourth-order valence-electron chi connectivity index (χ4n) is 2.25. The molecule has 1 aromatic heterocycles. The number of para-hydroxylation sites is 1. The minimum absolute atomic E-state index is 0.0655. The van der Waals surface area contributed by atoms with Gasteiger partial charge in [-0.15, -0.1) is 0 Å². The maximum Gasteiger partial charge on any atom is 0.224 e. The van der Waals surface area contributed by atoms with Gasteiger partial charge < -0.3 is 4.74 Å². The number of hydrogen-bond acceptors (Lipinski definition) is 3. The van der Waals surface area contributed by atoms with E-state index in [9.17, 15) is 0 Å². The Hall–Kier alpha value is -2.42. The number of fused-ring (bicyclic) bond motifs is 1. The van der Waals surface area contributed by atoms with E-state index in [4.69, 9.17) is 4.74 Å². The van der Waals surface area contributed by atoms with Gasteiger partial charge in [0.15, 0.2) is 0 Å². The van der Waals surface area contributed by atoms with E-state index in [2.05, 4.69) is 29.0 Å². The molecule has 0 saturated heterocycles. The Bertz CT molecular complexity index is 692. The Balaban J connectivity index is 1.79. The second kappa shape index (κ2) is 5.70. The summed E-state index contributed by atoms with van der Waals surface area (Å²) in [6.07, 6.45) is 2.47. The van der Waals surface area contributed by atoms with E-state index in [1.165, 1.54) is 5.56 Å². The Labute approximate surface area is 118 Å². The Morgan fingerprint density at radius 3 is 2.55 bits per heavy atom. The van der Waals surface area contributed by atoms with E-state index >= 15 is 0 Å². The van der Waals surface area contributed by atoms with Gasteiger partial charge in [0, 0.05) is 6.42 Å². The first-order valence-corrected chi connectivity index (χ1v) is 6.73. The summed E-state index contributed by atoms with van der Waals surface area (Å²) in [5.74, 6) is 0.652. The third-order valence-corrected chi connectivity index (χ3v) is 3.19. The molecule has 3 rings (SSSR count). The van der Waals surface area contributed by atoms with Crippen molar-refractivity contribution in [3.8, 4) is 5.88 Å². The highest BCUT2D eigenvalue weighted by molar-refractivity contribution is 5.82. The molecule has 0 N–H and O–H groups in total. The smallest absolute Gasteiger partial charge is 0.224 e. The zero-order valence-corrected chi connectivity index (χ0v) is 11.4. The highest BCUT2D eigenvalue weighted by atomic mass is 16.5. The molecule has 3 aromatic rings. The van der Waals surface area contributed by atoms with Gasteiger partial charge in [0.25, 0.3) is 0 Å². The van der Waals surface area contributed by atoms with Gasteiger partial charge in [-0.3, -0.25) is 0 Å². The number of nitrogens with zero attached hydrogens (tertiary/aromatic N) is 2. The second-order valence-corrected chi connectivity index (χ2v) is 4.81. The zero-order valence-electron chi connectivity index (χ0n) is 11.4. The first kappa shape index (κ1) is 12.6. The normalized spacial score (nSPS) is 12.2. The van der Waals surface area contributed by atoms with E-state index < -0.39 is 0 Å². The van der Waals surface area contributed by atoms with Gasteiger partial charge in [0.1, 0.15) is 12.4 Å². The molecule has 1 atom stereocenters. The molecule has 2 aromatic carbocycles. The standard InChI is InChI=1S/C17H16N2O/c1-13(11-14-7-3-2-4-8-14)20-17-15-9-5-6-10-16(15)18-12-19-17/h2-10,12-13H,11H2,1H3. The van der Waals surface area contributed by atoms with Gasteiger partial charge >= 0.3 is 0 Å². The van der Waals surface area contributed by atoms with Crippen LogP contribution in [0.5, 0.6) is 5.88 Å². The van der Waals surface area contributed by atoms with Crippen molar-refractivity contribution in [2.75, 3.05) is 0 Å². The molecule has 0 saturated carbocycles. The van der Waals surface area contributed by atoms with Crippen LogP contribution in [-0.4, -0.2) is 16.1 Å². The van der Waals surface area contributed by atoms with Crippen molar-refractivity contribution in [2.45, 2.75) is 19.4 Å². The summed E-state index contributed by atoms with van der Waals surface area (Å²) in [6.45, 7) is 2.06. The largest absolute Gasteiger partial charge is 0.474 e. The van der Waals surface area contributed by atoms with E-state index in [1.807, 2.05) is 42.5 Å². The van der Waals surface area contributed by atoms with Crippen LogP contribution < -0.4 is 4.74 Å². The summed E-state index contributed by atoms with van der Waals surface area (Å²) in [4.78, 5) is 8.50. The van der Waals surface area contributed by atoms with Gasteiger partial charge in [-0.25, -0.2) is 9.97 Å². The third kappa shape index (κ3) is 2.77. The molecule has 3 heteroatoms. The van der Waals surface area contributed by atoms with Crippen molar-refractivity contribution in [1.82, 2.24) is 9.97 Å². The van der Waals surface area contributed by atoms with Gasteiger partial charge in [0.05, 0.1) is 10.9 Å². The first-order chi connectivity index (χ1) is 9.83. The number of aromatic nitrogens is 2. The van der Waals surface area contributed by atoms with Gasteiger partial charge in [0.2, 0.25) is 5.88 Å². The molecular formula is C17H16N2O. The van der Waals surface area contributed by atoms with Crippen LogP contribution in [0.3, 0.4) is 0 Å². The lowest BCUT2D eigenvalue weighted by atomic mass is 10.1. The molecule has 1 heterocycles. The molecule has 0 aliphatic rings. The predicted molar refractivity (Wildman–Crippen MR) is 79.8 cm³/mol. The van der Waals surface area contributed by atoms with Crippen LogP contribution in [0.1, 0.15) is 12.5 Å². The minimum Gasteiger partial charge on any atom is -0.474 e. The SMILES string of the molecule is CC(Cc1ccccc1)Oc1ncnc2ccccc12. The fraction of sp³-hybridized carbons (Fsp3) is 0.176. The maximum atomic E-state index is 5.98. The van der Waals surface area contributed by atoms with Crippen molar-refractivity contribution in [3.05, 3.63) is 66.5 Å². The average molecular weight is 264 g/mol. The summed E-state index contributed by atoms with van der Waals surface area (Å²) < 4.78 is 5.98. The number of hydrogen-bond donors (Lipinski definition) is 0. The summed E-state index contributed by atoms with van der Waals surface area (Å²) in [5, 5.41) is 0.954. The molecule has 0 radical (unpaired) electrons. The molecule has 0 fully saturated rings. The molecule has 0 bridgehead atoms. The van der Waals surface area contributed by atoms with Crippen LogP contribution >= 0.6 is 0 Å². The van der Waals surface area contributed by atoms with E-state index in [1.54, 1.807) is 6.33 Å². The fourth-order valence-corrected chi connectivity index (χ4v) is 2.25. The van der Waals surface area contributed by atoms with Crippen molar-refractivity contribution in [3.63, 3.8) is 0 Å². The van der Waals surface area contributed by atoms with Crippen LogP contribution in [0.25, 0.3) is 10.9 Å². The number of ether oxygens (including phenoxy) is 1. The Morgan fingerprint density at radius 1 is 0.950 bits per heavy atom. The summed E-state index contributed by atoms with van der Waals surface area (Å²) in [7, 11) is 0. The van der Waals surface area contributed by atoms with Crippen LogP contribution in [0, 0.1) is 0 Å². The monoisotopic (exact) mass is 264 g/mol. The van der Waals surface area contributed by atoms with Crippen molar-refractivity contribution >= 4 is 10.9 Å². The van der Waals surface area contributed by atoms with Crippen LogP contribution in [-0.2, 0) is 6.42 Å². The Morgan fingerprint density at radius 2 is 1.70 bits per heavy atom. The first-order valence-electron chi connectivity index (χ1n) is 6.73. The van der Waals surface area contributed by atoms with E-state index in [0.29, 0.717) is 5.88 Å². The summed E-state index contributed by atoms with van der Waals surface area (Å²) in [5.41, 5.74) is 2.17. The summed E-state index contributed by atoms with van der Waals surface area (Å²) in [6, 6.07) is 18.2. The third-order valence-electron chi connectivity index (χ3n) is 3.19. The van der Waals surface area contributed by atoms with Crippen LogP contribution in [0.4, 0.5) is 0 Å². The van der Waals surface area contributed by atoms with Crippen molar-refractivity contribution in [2.24, 2.45) is 0 Å². The highest BCUT2D eigenvalue weighted by Crippen LogP contribution is 2.22. The highest BCUT2D eigenvalue weighted by Gasteiger charge is 2.09. The van der Waals surface area contributed by atoms with E-state index in [0.717, 1.165) is 17.3 Å². The Kier molecular flexibility index (Phi) is 3.59. The maximum absolute atomic E-state index is 5.98. The molecule has 0 spiro atoms. The lowest BCUT2D eigenvalue weighted by molar-refractivity contribution is 0.216. The lowest BCUT2D eigenvalue weighted by Crippen LogP contribution is -2.16. The van der Waals surface area contributed by atoms with E-state index in [-0.39, 0.29) is 6.10 Å². The predicted octanol–water partition coefficient (Wildman–Crippen LogP) is 3.64. The van der Waals surface area contributed by atoms with Gasteiger partial charge in [-0.1, -0.05) is 42.5 Å². The van der Waals surface area contributed by atoms with Crippen LogP contribution in [0.2, 0.25) is 0 Å². The van der Waals surface area contributed by atoms with Crippen molar-refractivity contribution < 1.29 is 4.74 Å². The topological polar surface area (TPSA) is 35.0 Å². The molecular weight excluding hydrogens is 248 g/mol. The second-order valence-electron chi connectivity index (χ2n) is 4.81. The van der Waals surface area contributed by atoms with Gasteiger partial charge in [-0.2, -0.15) is 0 Å². The zero-order chi connectivity index (χ0) is 13.8. The summed E-state index contributed by atoms with van der Waals surface area (Å²) >= 11 is 0. The molecule has 100 valence electrons. The molecule has 0 amide bonds. The quantitative estimate of drug-likeness (QED) is 0.721.